The summed E-state index contributed by atoms with van der Waals surface area (Å²) in [5.74, 6) is 0.241. The quantitative estimate of drug-likeness (QED) is 0.857. The molecule has 1 rings (SSSR count). The molecule has 0 aliphatic rings. The summed E-state index contributed by atoms with van der Waals surface area (Å²) in [5.41, 5.74) is 1.33. The van der Waals surface area contributed by atoms with Gasteiger partial charge in [-0.2, -0.15) is 0 Å². The Morgan fingerprint density at radius 1 is 1.36 bits per heavy atom. The molecule has 0 atom stereocenters. The normalized spacial score (nSPS) is 11.8. The molecule has 0 fully saturated rings. The second kappa shape index (κ2) is 3.91. The molecule has 1 aromatic carbocycles. The largest absolute Gasteiger partial charge is 0.508 e. The number of rotatable bonds is 2. The molecule has 0 bridgehead atoms. The van der Waals surface area contributed by atoms with E-state index in [1.54, 1.807) is 6.07 Å². The van der Waals surface area contributed by atoms with Gasteiger partial charge in [-0.3, -0.25) is 0 Å². The van der Waals surface area contributed by atoms with Crippen LogP contribution in [0.25, 0.3) is 0 Å². The van der Waals surface area contributed by atoms with E-state index in [9.17, 15) is 10.2 Å². The molecule has 0 aromatic heterocycles. The summed E-state index contributed by atoms with van der Waals surface area (Å²) in [6.07, 6.45) is 0. The zero-order chi connectivity index (χ0) is 10.9. The van der Waals surface area contributed by atoms with Crippen LogP contribution in [-0.2, 0) is 5.41 Å². The number of aliphatic hydroxyl groups is 1. The smallest absolute Gasteiger partial charge is 0.119 e. The van der Waals surface area contributed by atoms with Crippen molar-refractivity contribution in [1.29, 1.82) is 0 Å². The molecule has 0 spiro atoms. The molecule has 2 nitrogen and oxygen atoms in total. The van der Waals surface area contributed by atoms with E-state index >= 15 is 0 Å². The van der Waals surface area contributed by atoms with Crippen LogP contribution in [0.15, 0.2) is 16.6 Å². The molecule has 1 aromatic rings. The van der Waals surface area contributed by atoms with Crippen molar-refractivity contribution < 1.29 is 10.2 Å². The molecule has 0 radical (unpaired) electrons. The van der Waals surface area contributed by atoms with Crippen LogP contribution in [0, 0.1) is 6.92 Å². The standard InChI is InChI=1S/C11H15BrO2/c1-7-4-10(14)8(5-9(7)12)11(2,3)6-13/h4-5,13-14H,6H2,1-3H3. The van der Waals surface area contributed by atoms with E-state index in [1.165, 1.54) is 0 Å². The van der Waals surface area contributed by atoms with Gasteiger partial charge < -0.3 is 10.2 Å². The van der Waals surface area contributed by atoms with E-state index in [2.05, 4.69) is 15.9 Å². The Morgan fingerprint density at radius 3 is 2.43 bits per heavy atom. The van der Waals surface area contributed by atoms with Crippen LogP contribution in [0.5, 0.6) is 5.75 Å². The second-order valence-electron chi connectivity index (χ2n) is 4.16. The van der Waals surface area contributed by atoms with Crippen molar-refractivity contribution >= 4 is 15.9 Å². The molecule has 0 amide bonds. The summed E-state index contributed by atoms with van der Waals surface area (Å²) in [6.45, 7) is 5.71. The molecular formula is C11H15BrO2. The SMILES string of the molecule is Cc1cc(O)c(C(C)(C)CO)cc1Br. The van der Waals surface area contributed by atoms with Crippen LogP contribution in [0.2, 0.25) is 0 Å². The van der Waals surface area contributed by atoms with Gasteiger partial charge in [0.2, 0.25) is 0 Å². The molecule has 0 saturated heterocycles. The van der Waals surface area contributed by atoms with Crippen LogP contribution in [-0.4, -0.2) is 16.8 Å². The number of aliphatic hydroxyl groups excluding tert-OH is 1. The van der Waals surface area contributed by atoms with E-state index in [4.69, 9.17) is 0 Å². The van der Waals surface area contributed by atoms with E-state index < -0.39 is 5.41 Å². The van der Waals surface area contributed by atoms with Gasteiger partial charge in [0, 0.05) is 15.5 Å². The minimum absolute atomic E-state index is 0.00998. The van der Waals surface area contributed by atoms with Crippen molar-refractivity contribution in [3.05, 3.63) is 27.7 Å². The third kappa shape index (κ3) is 2.10. The van der Waals surface area contributed by atoms with Crippen molar-refractivity contribution in [3.8, 4) is 5.75 Å². The van der Waals surface area contributed by atoms with E-state index in [1.807, 2.05) is 26.8 Å². The van der Waals surface area contributed by atoms with Crippen LogP contribution in [0.4, 0.5) is 0 Å². The van der Waals surface area contributed by atoms with Crippen molar-refractivity contribution in [1.82, 2.24) is 0 Å². The molecule has 3 heteroatoms. The molecule has 0 heterocycles. The lowest BCUT2D eigenvalue weighted by Gasteiger charge is -2.24. The Morgan fingerprint density at radius 2 is 1.93 bits per heavy atom. The van der Waals surface area contributed by atoms with Gasteiger partial charge in [-0.25, -0.2) is 0 Å². The predicted molar refractivity (Wildman–Crippen MR) is 60.7 cm³/mol. The lowest BCUT2D eigenvalue weighted by molar-refractivity contribution is 0.215. The molecule has 2 N–H and O–H groups in total. The molecule has 0 aliphatic heterocycles. The van der Waals surface area contributed by atoms with Crippen molar-refractivity contribution in [2.45, 2.75) is 26.2 Å². The van der Waals surface area contributed by atoms with Gasteiger partial charge in [-0.05, 0) is 24.6 Å². The minimum atomic E-state index is -0.416. The fourth-order valence-electron chi connectivity index (χ4n) is 1.29. The summed E-state index contributed by atoms with van der Waals surface area (Å²) in [5, 5.41) is 19.0. The lowest BCUT2D eigenvalue weighted by atomic mass is 9.84. The van der Waals surface area contributed by atoms with Crippen LogP contribution in [0.3, 0.4) is 0 Å². The number of aromatic hydroxyl groups is 1. The number of benzene rings is 1. The van der Waals surface area contributed by atoms with Crippen molar-refractivity contribution in [2.75, 3.05) is 6.61 Å². The Labute approximate surface area is 92.7 Å². The Bertz CT molecular complexity index is 345. The fraction of sp³-hybridized carbons (Fsp3) is 0.455. The number of phenolic OH excluding ortho intramolecular Hbond substituents is 1. The van der Waals surface area contributed by atoms with Crippen LogP contribution in [0.1, 0.15) is 25.0 Å². The number of halogens is 1. The number of aryl methyl sites for hydroxylation is 1. The summed E-state index contributed by atoms with van der Waals surface area (Å²) < 4.78 is 0.951. The van der Waals surface area contributed by atoms with Gasteiger partial charge in [0.25, 0.3) is 0 Å². The fourth-order valence-corrected chi connectivity index (χ4v) is 1.64. The number of phenols is 1. The monoisotopic (exact) mass is 258 g/mol. The predicted octanol–water partition coefficient (Wildman–Crippen LogP) is 2.73. The maximum Gasteiger partial charge on any atom is 0.119 e. The first-order valence-corrected chi connectivity index (χ1v) is 5.28. The average Bonchev–Trinajstić information content (AvgIpc) is 2.11. The van der Waals surface area contributed by atoms with Crippen molar-refractivity contribution in [2.24, 2.45) is 0 Å². The average molecular weight is 259 g/mol. The Balaban J connectivity index is 3.29. The van der Waals surface area contributed by atoms with Gasteiger partial charge in [0.05, 0.1) is 6.61 Å². The highest BCUT2D eigenvalue weighted by molar-refractivity contribution is 9.10. The first-order valence-electron chi connectivity index (χ1n) is 4.49. The van der Waals surface area contributed by atoms with E-state index in [0.717, 1.165) is 15.6 Å². The van der Waals surface area contributed by atoms with Crippen LogP contribution < -0.4 is 0 Å². The topological polar surface area (TPSA) is 40.5 Å². The maximum absolute atomic E-state index is 9.75. The first-order chi connectivity index (χ1) is 6.38. The van der Waals surface area contributed by atoms with E-state index in [-0.39, 0.29) is 12.4 Å². The highest BCUT2D eigenvalue weighted by Gasteiger charge is 2.23. The minimum Gasteiger partial charge on any atom is -0.508 e. The first kappa shape index (κ1) is 11.5. The summed E-state index contributed by atoms with van der Waals surface area (Å²) >= 11 is 3.41. The highest BCUT2D eigenvalue weighted by Crippen LogP contribution is 2.34. The molecular weight excluding hydrogens is 244 g/mol. The van der Waals surface area contributed by atoms with Gasteiger partial charge in [0.15, 0.2) is 0 Å². The van der Waals surface area contributed by atoms with Gasteiger partial charge in [-0.15, -0.1) is 0 Å². The highest BCUT2D eigenvalue weighted by atomic mass is 79.9. The Kier molecular flexibility index (Phi) is 3.22. The number of hydrogen-bond donors (Lipinski definition) is 2. The lowest BCUT2D eigenvalue weighted by Crippen LogP contribution is -2.22. The molecule has 14 heavy (non-hydrogen) atoms. The van der Waals surface area contributed by atoms with Crippen LogP contribution >= 0.6 is 15.9 Å². The summed E-state index contributed by atoms with van der Waals surface area (Å²) in [7, 11) is 0. The van der Waals surface area contributed by atoms with E-state index in [0.29, 0.717) is 0 Å². The number of hydrogen-bond acceptors (Lipinski definition) is 2. The summed E-state index contributed by atoms with van der Waals surface area (Å²) in [4.78, 5) is 0. The Hall–Kier alpha value is -0.540. The van der Waals surface area contributed by atoms with Gasteiger partial charge >= 0.3 is 0 Å². The zero-order valence-electron chi connectivity index (χ0n) is 8.63. The molecule has 78 valence electrons. The molecule has 0 saturated carbocycles. The molecule has 0 aliphatic carbocycles. The second-order valence-corrected chi connectivity index (χ2v) is 5.01. The third-order valence-electron chi connectivity index (χ3n) is 2.40. The van der Waals surface area contributed by atoms with Gasteiger partial charge in [-0.1, -0.05) is 29.8 Å². The summed E-state index contributed by atoms with van der Waals surface area (Å²) in [6, 6.07) is 3.57. The van der Waals surface area contributed by atoms with Crippen molar-refractivity contribution in [3.63, 3.8) is 0 Å². The third-order valence-corrected chi connectivity index (χ3v) is 3.26. The zero-order valence-corrected chi connectivity index (χ0v) is 10.2. The molecule has 0 unspecified atom stereocenters. The maximum atomic E-state index is 9.75. The van der Waals surface area contributed by atoms with Gasteiger partial charge in [0.1, 0.15) is 5.75 Å².